The number of nitrogens with zero attached hydrogens (tertiary/aromatic N) is 5. The SMILES string of the molecule is COc1ccc2c(C)cc3nnc(Sc4cccc(C#N)n4)n3c2c1. The zero-order valence-electron chi connectivity index (χ0n) is 13.6. The highest BCUT2D eigenvalue weighted by Gasteiger charge is 2.14. The number of aromatic nitrogens is 4. The molecule has 0 radical (unpaired) electrons. The first-order valence-corrected chi connectivity index (χ1v) is 8.39. The molecule has 1 aromatic carbocycles. The molecule has 122 valence electrons. The number of hydrogen-bond acceptors (Lipinski definition) is 6. The highest BCUT2D eigenvalue weighted by atomic mass is 32.2. The second-order valence-corrected chi connectivity index (χ2v) is 6.45. The molecular weight excluding hydrogens is 334 g/mol. The van der Waals surface area contributed by atoms with Gasteiger partial charge in [0.1, 0.15) is 22.5 Å². The predicted molar refractivity (Wildman–Crippen MR) is 94.9 cm³/mol. The fraction of sp³-hybridized carbons (Fsp3) is 0.111. The van der Waals surface area contributed by atoms with Gasteiger partial charge in [0.2, 0.25) is 5.16 Å². The molecule has 6 nitrogen and oxygen atoms in total. The van der Waals surface area contributed by atoms with Gasteiger partial charge in [-0.25, -0.2) is 4.98 Å². The number of nitriles is 1. The number of pyridine rings is 2. The summed E-state index contributed by atoms with van der Waals surface area (Å²) >= 11 is 1.37. The first-order chi connectivity index (χ1) is 12.2. The standard InChI is InChI=1S/C18H13N5OS/c1-11-8-16-21-22-18(25-17-5-3-4-12(10-19)20-17)23(16)15-9-13(24-2)6-7-14(11)15/h3-9H,1-2H3. The molecule has 0 unspecified atom stereocenters. The second kappa shape index (κ2) is 6.07. The third kappa shape index (κ3) is 2.66. The highest BCUT2D eigenvalue weighted by molar-refractivity contribution is 7.99. The fourth-order valence-electron chi connectivity index (χ4n) is 2.72. The number of rotatable bonds is 3. The largest absolute Gasteiger partial charge is 0.497 e. The maximum atomic E-state index is 9.02. The van der Waals surface area contributed by atoms with E-state index in [-0.39, 0.29) is 0 Å². The van der Waals surface area contributed by atoms with Gasteiger partial charge in [0.05, 0.1) is 12.6 Å². The number of ether oxygens (including phenoxy) is 1. The molecule has 0 atom stereocenters. The Hall–Kier alpha value is -3.11. The molecule has 0 aliphatic carbocycles. The van der Waals surface area contributed by atoms with Crippen LogP contribution in [-0.2, 0) is 0 Å². The molecule has 0 fully saturated rings. The number of aryl methyl sites for hydroxylation is 1. The van der Waals surface area contributed by atoms with Gasteiger partial charge in [-0.15, -0.1) is 10.2 Å². The van der Waals surface area contributed by atoms with E-state index in [1.165, 1.54) is 11.8 Å². The van der Waals surface area contributed by atoms with E-state index in [4.69, 9.17) is 10.00 Å². The van der Waals surface area contributed by atoms with Crippen molar-refractivity contribution in [1.82, 2.24) is 19.6 Å². The average Bonchev–Trinajstić information content (AvgIpc) is 3.04. The van der Waals surface area contributed by atoms with Gasteiger partial charge in [0.15, 0.2) is 5.65 Å². The molecule has 0 bridgehead atoms. The van der Waals surface area contributed by atoms with Crippen molar-refractivity contribution in [1.29, 1.82) is 5.26 Å². The van der Waals surface area contributed by atoms with E-state index in [1.54, 1.807) is 13.2 Å². The Morgan fingerprint density at radius 2 is 2.04 bits per heavy atom. The molecule has 0 saturated carbocycles. The fourth-order valence-corrected chi connectivity index (χ4v) is 3.57. The smallest absolute Gasteiger partial charge is 0.202 e. The number of hydrogen-bond donors (Lipinski definition) is 0. The Morgan fingerprint density at radius 1 is 1.16 bits per heavy atom. The van der Waals surface area contributed by atoms with Gasteiger partial charge in [0, 0.05) is 11.5 Å². The molecule has 0 amide bonds. The summed E-state index contributed by atoms with van der Waals surface area (Å²) < 4.78 is 7.35. The Bertz CT molecular complexity index is 1150. The number of benzene rings is 1. The summed E-state index contributed by atoms with van der Waals surface area (Å²) in [6, 6.07) is 15.3. The van der Waals surface area contributed by atoms with Crippen LogP contribution >= 0.6 is 11.8 Å². The normalized spacial score (nSPS) is 10.9. The van der Waals surface area contributed by atoms with Crippen LogP contribution in [0.5, 0.6) is 5.75 Å². The number of methoxy groups -OCH3 is 1. The van der Waals surface area contributed by atoms with Crippen LogP contribution in [0.2, 0.25) is 0 Å². The minimum atomic E-state index is 0.376. The molecule has 0 spiro atoms. The second-order valence-electron chi connectivity index (χ2n) is 5.46. The van der Waals surface area contributed by atoms with Crippen molar-refractivity contribution in [3.8, 4) is 11.8 Å². The van der Waals surface area contributed by atoms with E-state index in [0.29, 0.717) is 15.9 Å². The van der Waals surface area contributed by atoms with Crippen LogP contribution < -0.4 is 4.74 Å². The quantitative estimate of drug-likeness (QED) is 0.563. The molecule has 25 heavy (non-hydrogen) atoms. The first-order valence-electron chi connectivity index (χ1n) is 7.57. The summed E-state index contributed by atoms with van der Waals surface area (Å²) in [4.78, 5) is 4.30. The third-order valence-corrected chi connectivity index (χ3v) is 4.79. The summed E-state index contributed by atoms with van der Waals surface area (Å²) in [6.07, 6.45) is 0. The lowest BCUT2D eigenvalue weighted by atomic mass is 10.1. The molecule has 3 aromatic heterocycles. The lowest BCUT2D eigenvalue weighted by Gasteiger charge is -2.09. The third-order valence-electron chi connectivity index (χ3n) is 3.91. The van der Waals surface area contributed by atoms with Crippen molar-refractivity contribution in [2.24, 2.45) is 0 Å². The van der Waals surface area contributed by atoms with Crippen LogP contribution in [0.3, 0.4) is 0 Å². The summed E-state index contributed by atoms with van der Waals surface area (Å²) in [5, 5.41) is 20.1. The van der Waals surface area contributed by atoms with Crippen LogP contribution in [0.25, 0.3) is 16.6 Å². The molecule has 7 heteroatoms. The Morgan fingerprint density at radius 3 is 2.84 bits per heavy atom. The van der Waals surface area contributed by atoms with Crippen LogP contribution in [0.1, 0.15) is 11.3 Å². The molecule has 3 heterocycles. The van der Waals surface area contributed by atoms with Crippen LogP contribution in [0.15, 0.2) is 52.6 Å². The van der Waals surface area contributed by atoms with Crippen molar-refractivity contribution in [2.45, 2.75) is 17.1 Å². The van der Waals surface area contributed by atoms with Crippen molar-refractivity contribution in [3.05, 3.63) is 53.7 Å². The van der Waals surface area contributed by atoms with E-state index < -0.39 is 0 Å². The summed E-state index contributed by atoms with van der Waals surface area (Å²) in [7, 11) is 1.65. The molecule has 0 aliphatic heterocycles. The average molecular weight is 347 g/mol. The van der Waals surface area contributed by atoms with E-state index in [1.807, 2.05) is 47.7 Å². The predicted octanol–water partition coefficient (Wildman–Crippen LogP) is 3.62. The van der Waals surface area contributed by atoms with Gasteiger partial charge in [-0.1, -0.05) is 6.07 Å². The van der Waals surface area contributed by atoms with Gasteiger partial charge in [-0.2, -0.15) is 5.26 Å². The molecule has 4 rings (SSSR count). The van der Waals surface area contributed by atoms with Gasteiger partial charge in [0.25, 0.3) is 0 Å². The zero-order valence-corrected chi connectivity index (χ0v) is 14.4. The lowest BCUT2D eigenvalue weighted by molar-refractivity contribution is 0.415. The zero-order chi connectivity index (χ0) is 17.4. The van der Waals surface area contributed by atoms with E-state index in [2.05, 4.69) is 21.3 Å². The Labute approximate surface area is 148 Å². The van der Waals surface area contributed by atoms with Gasteiger partial charge in [-0.3, -0.25) is 4.40 Å². The van der Waals surface area contributed by atoms with Crippen LogP contribution in [0.4, 0.5) is 0 Å². The van der Waals surface area contributed by atoms with Crippen molar-refractivity contribution in [2.75, 3.05) is 7.11 Å². The highest BCUT2D eigenvalue weighted by Crippen LogP contribution is 2.31. The summed E-state index contributed by atoms with van der Waals surface area (Å²) in [6.45, 7) is 2.05. The van der Waals surface area contributed by atoms with Gasteiger partial charge < -0.3 is 4.74 Å². The lowest BCUT2D eigenvalue weighted by Crippen LogP contribution is -1.95. The maximum absolute atomic E-state index is 9.02. The summed E-state index contributed by atoms with van der Waals surface area (Å²) in [5.74, 6) is 0.772. The van der Waals surface area contributed by atoms with Crippen molar-refractivity contribution < 1.29 is 4.74 Å². The molecule has 0 aliphatic rings. The minimum absolute atomic E-state index is 0.376. The first kappa shape index (κ1) is 15.4. The Balaban J connectivity index is 1.92. The summed E-state index contributed by atoms with van der Waals surface area (Å²) in [5.41, 5.74) is 3.23. The minimum Gasteiger partial charge on any atom is -0.497 e. The number of fused-ring (bicyclic) bond motifs is 3. The van der Waals surface area contributed by atoms with Gasteiger partial charge in [-0.05, 0) is 54.6 Å². The molecule has 4 aromatic rings. The van der Waals surface area contributed by atoms with E-state index in [9.17, 15) is 0 Å². The van der Waals surface area contributed by atoms with Crippen LogP contribution in [0, 0.1) is 18.3 Å². The topological polar surface area (TPSA) is 76.1 Å². The van der Waals surface area contributed by atoms with Crippen molar-refractivity contribution in [3.63, 3.8) is 0 Å². The van der Waals surface area contributed by atoms with Crippen molar-refractivity contribution >= 4 is 28.3 Å². The molecule has 0 N–H and O–H groups in total. The van der Waals surface area contributed by atoms with E-state index >= 15 is 0 Å². The van der Waals surface area contributed by atoms with Gasteiger partial charge >= 0.3 is 0 Å². The molecular formula is C18H13N5OS. The monoisotopic (exact) mass is 347 g/mol. The van der Waals surface area contributed by atoms with Crippen LogP contribution in [-0.4, -0.2) is 26.7 Å². The van der Waals surface area contributed by atoms with E-state index in [0.717, 1.165) is 27.9 Å². The maximum Gasteiger partial charge on any atom is 0.202 e. The Kier molecular flexibility index (Phi) is 3.75. The molecule has 0 saturated heterocycles.